The van der Waals surface area contributed by atoms with Crippen molar-refractivity contribution in [3.63, 3.8) is 0 Å². The molecular weight excluding hydrogens is 655 g/mol. The van der Waals surface area contributed by atoms with E-state index in [0.29, 0.717) is 11.3 Å². The molecule has 0 amide bonds. The third-order valence-electron chi connectivity index (χ3n) is 8.15. The van der Waals surface area contributed by atoms with E-state index < -0.39 is 0 Å². The quantitative estimate of drug-likeness (QED) is 0.258. The first-order chi connectivity index (χ1) is 19.6. The molecule has 0 fully saturated rings. The number of halogens is 2. The number of benzene rings is 3. The van der Waals surface area contributed by atoms with Gasteiger partial charge in [-0.15, -0.1) is 5.56 Å². The van der Waals surface area contributed by atoms with E-state index >= 15 is 0 Å². The van der Waals surface area contributed by atoms with Gasteiger partial charge in [0.25, 0.3) is 0 Å². The van der Waals surface area contributed by atoms with E-state index in [0.717, 1.165) is 12.8 Å². The molecule has 0 radical (unpaired) electrons. The van der Waals surface area contributed by atoms with E-state index in [1.54, 1.807) is 0 Å². The van der Waals surface area contributed by atoms with Crippen LogP contribution in [0.5, 0.6) is 0 Å². The molecule has 5 rings (SSSR count). The molecule has 2 aliphatic carbocycles. The standard InChI is InChI=1S/C21H25.C13H21.C7H6.2ClH.Zr/c1-20(2,3)16-9-7-14-11-15-8-10-17(21(4,5)6)13-19(15)18(14)12-16;1-6-10-8-11(7-2)12(9-10)13(3,4)5;1-7-5-3-2-4-6-7;;;/h7,9-10,12-13H,11H2,1-6H3;9-10H,6-7H2,1-5H3;1-6H;2*1H;/q2*-1;;;;+2/p-2. The SMILES string of the molecule is CC(C)(C)c1c[c-]c2c(c1)-c1cc(C(C)(C)C)ccc1C2.CCC1=[C-]C(CC)C=C1C(C)(C)C.[Cl-].[Cl-].[Zr+2]=[CH]c1ccccc1. The molecule has 0 nitrogen and oxygen atoms in total. The molecule has 44 heavy (non-hydrogen) atoms. The topological polar surface area (TPSA) is 0 Å². The second kappa shape index (κ2) is 16.9. The molecular formula is C41H52Cl2Zr-2. The molecule has 3 aromatic rings. The second-order valence-electron chi connectivity index (χ2n) is 14.7. The zero-order chi connectivity index (χ0) is 31.3. The first-order valence-electron chi connectivity index (χ1n) is 15.7. The Bertz CT molecular complexity index is 1360. The van der Waals surface area contributed by atoms with Crippen LogP contribution in [0, 0.1) is 23.5 Å². The summed E-state index contributed by atoms with van der Waals surface area (Å²) in [6.07, 6.45) is 9.31. The molecule has 3 aromatic carbocycles. The fourth-order valence-electron chi connectivity index (χ4n) is 5.39. The Morgan fingerprint density at radius 2 is 1.36 bits per heavy atom. The minimum absolute atomic E-state index is 0. The molecule has 3 heteroatoms. The summed E-state index contributed by atoms with van der Waals surface area (Å²) in [6, 6.07) is 25.4. The van der Waals surface area contributed by atoms with Gasteiger partial charge >= 0.3 is 63.8 Å². The Morgan fingerprint density at radius 1 is 0.773 bits per heavy atom. The van der Waals surface area contributed by atoms with E-state index in [4.69, 9.17) is 0 Å². The number of rotatable bonds is 3. The zero-order valence-electron chi connectivity index (χ0n) is 28.9. The van der Waals surface area contributed by atoms with Crippen LogP contribution >= 0.6 is 0 Å². The van der Waals surface area contributed by atoms with Crippen molar-refractivity contribution >= 4 is 3.71 Å². The number of hydrogen-bond acceptors (Lipinski definition) is 0. The summed E-state index contributed by atoms with van der Waals surface area (Å²) >= 11 is 1.46. The molecule has 1 atom stereocenters. The average Bonchev–Trinajstić information content (AvgIpc) is 3.54. The second-order valence-corrected chi connectivity index (χ2v) is 15.4. The molecule has 0 aliphatic heterocycles. The van der Waals surface area contributed by atoms with Crippen molar-refractivity contribution in [1.82, 2.24) is 0 Å². The van der Waals surface area contributed by atoms with Crippen LogP contribution in [0.2, 0.25) is 0 Å². The van der Waals surface area contributed by atoms with Gasteiger partial charge in [-0.3, -0.25) is 6.08 Å². The van der Waals surface area contributed by atoms with Crippen molar-refractivity contribution in [2.45, 2.75) is 106 Å². The van der Waals surface area contributed by atoms with E-state index in [-0.39, 0.29) is 35.6 Å². The molecule has 0 heterocycles. The number of fused-ring (bicyclic) bond motifs is 3. The first-order valence-corrected chi connectivity index (χ1v) is 17.1. The molecule has 1 unspecified atom stereocenters. The van der Waals surface area contributed by atoms with Crippen molar-refractivity contribution in [2.24, 2.45) is 11.3 Å². The Hall–Kier alpha value is -1.53. The summed E-state index contributed by atoms with van der Waals surface area (Å²) in [5.41, 5.74) is 13.3. The van der Waals surface area contributed by atoms with Gasteiger partial charge in [0.05, 0.1) is 0 Å². The Morgan fingerprint density at radius 3 is 1.82 bits per heavy atom. The maximum absolute atomic E-state index is 3.57. The summed E-state index contributed by atoms with van der Waals surface area (Å²) in [4.78, 5) is 0. The first kappa shape index (κ1) is 40.5. The van der Waals surface area contributed by atoms with Crippen LogP contribution < -0.4 is 24.8 Å². The van der Waals surface area contributed by atoms with Crippen LogP contribution in [0.25, 0.3) is 11.1 Å². The summed E-state index contributed by atoms with van der Waals surface area (Å²) in [5, 5.41) is 0. The van der Waals surface area contributed by atoms with Crippen LogP contribution in [-0.2, 0) is 41.5 Å². The molecule has 0 spiro atoms. The predicted molar refractivity (Wildman–Crippen MR) is 181 cm³/mol. The van der Waals surface area contributed by atoms with E-state index in [9.17, 15) is 0 Å². The van der Waals surface area contributed by atoms with Crippen LogP contribution in [0.1, 0.15) is 117 Å². The predicted octanol–water partition coefficient (Wildman–Crippen LogP) is 5.18. The zero-order valence-corrected chi connectivity index (χ0v) is 32.9. The number of allylic oxidation sites excluding steroid dienone is 4. The molecule has 0 bridgehead atoms. The van der Waals surface area contributed by atoms with Gasteiger partial charge in [0, 0.05) is 0 Å². The monoisotopic (exact) mass is 704 g/mol. The van der Waals surface area contributed by atoms with Crippen molar-refractivity contribution in [1.29, 1.82) is 0 Å². The molecule has 0 N–H and O–H groups in total. The fraction of sp³-hybridized carbons (Fsp3) is 0.439. The minimum atomic E-state index is 0. The number of hydrogen-bond donors (Lipinski definition) is 0. The van der Waals surface area contributed by atoms with Gasteiger partial charge in [0.15, 0.2) is 0 Å². The molecule has 0 aromatic heterocycles. The van der Waals surface area contributed by atoms with Crippen molar-refractivity contribution < 1.29 is 49.0 Å². The van der Waals surface area contributed by atoms with Gasteiger partial charge in [-0.25, -0.2) is 5.57 Å². The molecule has 0 saturated heterocycles. The Kier molecular flexibility index (Phi) is 15.5. The summed E-state index contributed by atoms with van der Waals surface area (Å²) < 4.78 is 2.17. The van der Waals surface area contributed by atoms with E-state index in [2.05, 4.69) is 153 Å². The third-order valence-corrected chi connectivity index (χ3v) is 8.97. The molecule has 236 valence electrons. The third kappa shape index (κ3) is 10.8. The Labute approximate surface area is 297 Å². The van der Waals surface area contributed by atoms with Crippen LogP contribution in [0.3, 0.4) is 0 Å². The Balaban J connectivity index is 0.000000361. The van der Waals surface area contributed by atoms with E-state index in [1.165, 1.54) is 80.7 Å². The van der Waals surface area contributed by atoms with Gasteiger partial charge in [-0.1, -0.05) is 135 Å². The molecule has 2 aliphatic rings. The van der Waals surface area contributed by atoms with Gasteiger partial charge in [-0.2, -0.15) is 41.0 Å². The fourth-order valence-corrected chi connectivity index (χ4v) is 5.87. The van der Waals surface area contributed by atoms with Crippen molar-refractivity contribution in [3.8, 4) is 11.1 Å². The van der Waals surface area contributed by atoms with Gasteiger partial charge < -0.3 is 24.8 Å². The summed E-state index contributed by atoms with van der Waals surface area (Å²) in [5.74, 6) is 0.573. The summed E-state index contributed by atoms with van der Waals surface area (Å²) in [7, 11) is 0. The van der Waals surface area contributed by atoms with Crippen molar-refractivity contribution in [3.05, 3.63) is 118 Å². The maximum atomic E-state index is 3.57. The van der Waals surface area contributed by atoms with Gasteiger partial charge in [0.2, 0.25) is 0 Å². The normalized spacial score (nSPS) is 15.1. The summed E-state index contributed by atoms with van der Waals surface area (Å²) in [6.45, 7) is 25.0. The average molecular weight is 707 g/mol. The van der Waals surface area contributed by atoms with Gasteiger partial charge in [-0.05, 0) is 17.4 Å². The van der Waals surface area contributed by atoms with Crippen LogP contribution in [-0.4, -0.2) is 3.71 Å². The van der Waals surface area contributed by atoms with Gasteiger partial charge in [0.1, 0.15) is 0 Å². The van der Waals surface area contributed by atoms with Crippen LogP contribution in [0.4, 0.5) is 0 Å². The van der Waals surface area contributed by atoms with E-state index in [1.807, 2.05) is 6.07 Å². The molecule has 0 saturated carbocycles. The van der Waals surface area contributed by atoms with Crippen molar-refractivity contribution in [2.75, 3.05) is 0 Å². The van der Waals surface area contributed by atoms with Crippen LogP contribution in [0.15, 0.2) is 77.9 Å².